The second-order valence-electron chi connectivity index (χ2n) is 8.93. The molecule has 0 unspecified atom stereocenters. The van der Waals surface area contributed by atoms with Crippen LogP contribution in [-0.2, 0) is 24.1 Å². The average Bonchev–Trinajstić information content (AvgIpc) is 3.30. The minimum atomic E-state index is -0.930. The van der Waals surface area contributed by atoms with E-state index in [1.54, 1.807) is 6.08 Å². The van der Waals surface area contributed by atoms with Gasteiger partial charge in [-0.3, -0.25) is 4.79 Å². The first-order valence-electron chi connectivity index (χ1n) is 11.5. The second kappa shape index (κ2) is 8.35. The van der Waals surface area contributed by atoms with Crippen LogP contribution in [-0.4, -0.2) is 46.5 Å². The Morgan fingerprint density at radius 1 is 1.10 bits per heavy atom. The van der Waals surface area contributed by atoms with Gasteiger partial charge >= 0.3 is 5.97 Å². The third kappa shape index (κ3) is 3.92. The maximum atomic E-state index is 12.7. The van der Waals surface area contributed by atoms with Crippen molar-refractivity contribution in [2.45, 2.75) is 51.4 Å². The molecule has 0 atom stereocenters. The molecule has 1 aromatic carbocycles. The van der Waals surface area contributed by atoms with Gasteiger partial charge in [0.25, 0.3) is 5.91 Å². The molecule has 6 heteroatoms. The number of aromatic carboxylic acids is 1. The first-order chi connectivity index (χ1) is 15.1. The van der Waals surface area contributed by atoms with Crippen LogP contribution >= 0.6 is 0 Å². The van der Waals surface area contributed by atoms with E-state index in [9.17, 15) is 14.7 Å². The van der Waals surface area contributed by atoms with Gasteiger partial charge in [0.15, 0.2) is 0 Å². The summed E-state index contributed by atoms with van der Waals surface area (Å²) in [7, 11) is 0. The molecule has 3 aliphatic rings. The van der Waals surface area contributed by atoms with E-state index in [0.29, 0.717) is 16.8 Å². The fraction of sp³-hybridized carbons (Fsp3) is 0.440. The predicted molar refractivity (Wildman–Crippen MR) is 121 cm³/mol. The Bertz CT molecular complexity index is 1060. The van der Waals surface area contributed by atoms with Crippen molar-refractivity contribution in [3.8, 4) is 0 Å². The van der Waals surface area contributed by atoms with Gasteiger partial charge in [-0.05, 0) is 87.4 Å². The van der Waals surface area contributed by atoms with Crippen LogP contribution in [0.1, 0.15) is 70.5 Å². The maximum absolute atomic E-state index is 12.7. The van der Waals surface area contributed by atoms with E-state index in [0.717, 1.165) is 61.2 Å². The number of carboxylic acids is 1. The van der Waals surface area contributed by atoms with Crippen LogP contribution in [0, 0.1) is 0 Å². The lowest BCUT2D eigenvalue weighted by atomic mass is 9.94. The van der Waals surface area contributed by atoms with Gasteiger partial charge in [-0.2, -0.15) is 0 Å². The zero-order chi connectivity index (χ0) is 21.4. The molecule has 0 spiro atoms. The molecule has 0 saturated carbocycles. The Hall–Kier alpha value is -2.86. The second-order valence-corrected chi connectivity index (χ2v) is 8.93. The predicted octanol–water partition coefficient (Wildman–Crippen LogP) is 4.11. The number of benzene rings is 1. The maximum Gasteiger partial charge on any atom is 0.338 e. The van der Waals surface area contributed by atoms with Crippen molar-refractivity contribution < 1.29 is 14.7 Å². The van der Waals surface area contributed by atoms with Crippen LogP contribution in [0.2, 0.25) is 0 Å². The normalized spacial score (nSPS) is 19.9. The molecule has 6 nitrogen and oxygen atoms in total. The van der Waals surface area contributed by atoms with Gasteiger partial charge in [0, 0.05) is 23.5 Å². The number of aryl methyl sites for hydroxylation is 1. The molecule has 3 heterocycles. The van der Waals surface area contributed by atoms with Crippen LogP contribution < -0.4 is 5.32 Å². The van der Waals surface area contributed by atoms with E-state index in [-0.39, 0.29) is 5.91 Å². The number of anilines is 1. The highest BCUT2D eigenvalue weighted by molar-refractivity contribution is 6.35. The number of nitrogens with one attached hydrogen (secondary N) is 2. The van der Waals surface area contributed by atoms with E-state index in [1.807, 2.05) is 6.07 Å². The van der Waals surface area contributed by atoms with Crippen LogP contribution in [0.25, 0.3) is 11.6 Å². The van der Waals surface area contributed by atoms with E-state index >= 15 is 0 Å². The Morgan fingerprint density at radius 2 is 1.90 bits per heavy atom. The zero-order valence-corrected chi connectivity index (χ0v) is 17.8. The van der Waals surface area contributed by atoms with Crippen molar-refractivity contribution in [1.82, 2.24) is 9.88 Å². The minimum absolute atomic E-state index is 0.174. The number of rotatable bonds is 5. The SMILES string of the molecule is O=C1Nc2ccc(CCN3CCCCC3)cc2C1=Cc1[nH]c2c(c1C(=O)O)CCCC2. The van der Waals surface area contributed by atoms with Crippen LogP contribution in [0.4, 0.5) is 5.69 Å². The lowest BCUT2D eigenvalue weighted by Crippen LogP contribution is -2.31. The molecule has 162 valence electrons. The topological polar surface area (TPSA) is 85.4 Å². The molecule has 1 saturated heterocycles. The lowest BCUT2D eigenvalue weighted by Gasteiger charge is -2.26. The smallest absolute Gasteiger partial charge is 0.338 e. The standard InChI is InChI=1S/C25H29N3O3/c29-24-19(15-22-23(25(30)31)17-6-2-3-7-20(17)26-22)18-14-16(8-9-21(18)27-24)10-13-28-11-4-1-5-12-28/h8-9,14-15,26H,1-7,10-13H2,(H,27,29)(H,30,31). The molecular weight excluding hydrogens is 390 g/mol. The number of aromatic amines is 1. The van der Waals surface area contributed by atoms with Gasteiger partial charge in [0.1, 0.15) is 0 Å². The molecule has 2 aromatic rings. The molecule has 5 rings (SSSR count). The largest absolute Gasteiger partial charge is 0.478 e. The third-order valence-electron chi connectivity index (χ3n) is 6.86. The van der Waals surface area contributed by atoms with Crippen molar-refractivity contribution in [2.24, 2.45) is 0 Å². The summed E-state index contributed by atoms with van der Waals surface area (Å²) < 4.78 is 0. The number of aromatic nitrogens is 1. The van der Waals surface area contributed by atoms with Gasteiger partial charge in [-0.1, -0.05) is 12.5 Å². The van der Waals surface area contributed by atoms with Crippen molar-refractivity contribution >= 4 is 29.2 Å². The molecule has 0 bridgehead atoms. The average molecular weight is 420 g/mol. The van der Waals surface area contributed by atoms with Crippen LogP contribution in [0.15, 0.2) is 18.2 Å². The summed E-state index contributed by atoms with van der Waals surface area (Å²) in [5, 5.41) is 12.8. The quantitative estimate of drug-likeness (QED) is 0.637. The molecule has 0 radical (unpaired) electrons. The number of piperidine rings is 1. The summed E-state index contributed by atoms with van der Waals surface area (Å²) in [6.45, 7) is 3.38. The highest BCUT2D eigenvalue weighted by Crippen LogP contribution is 2.36. The summed E-state index contributed by atoms with van der Waals surface area (Å²) >= 11 is 0. The number of carbonyl (C=O) groups is 2. The zero-order valence-electron chi connectivity index (χ0n) is 17.8. The number of fused-ring (bicyclic) bond motifs is 2. The van der Waals surface area contributed by atoms with Gasteiger partial charge in [0.05, 0.1) is 16.8 Å². The molecular formula is C25H29N3O3. The molecule has 1 aliphatic carbocycles. The number of nitrogens with zero attached hydrogens (tertiary/aromatic N) is 1. The fourth-order valence-corrected chi connectivity index (χ4v) is 5.21. The minimum Gasteiger partial charge on any atom is -0.478 e. The van der Waals surface area contributed by atoms with Gasteiger partial charge in [-0.25, -0.2) is 4.79 Å². The van der Waals surface area contributed by atoms with Crippen molar-refractivity contribution in [1.29, 1.82) is 0 Å². The molecule has 3 N–H and O–H groups in total. The van der Waals surface area contributed by atoms with Crippen molar-refractivity contribution in [3.05, 3.63) is 51.8 Å². The highest BCUT2D eigenvalue weighted by Gasteiger charge is 2.28. The number of H-pyrrole nitrogens is 1. The van der Waals surface area contributed by atoms with Crippen LogP contribution in [0.5, 0.6) is 0 Å². The Morgan fingerprint density at radius 3 is 2.71 bits per heavy atom. The van der Waals surface area contributed by atoms with E-state index in [2.05, 4.69) is 27.3 Å². The number of carboxylic acid groups (broad SMARTS) is 1. The monoisotopic (exact) mass is 419 g/mol. The van der Waals surface area contributed by atoms with Crippen LogP contribution in [0.3, 0.4) is 0 Å². The number of hydrogen-bond acceptors (Lipinski definition) is 3. The van der Waals surface area contributed by atoms with Gasteiger partial charge in [-0.15, -0.1) is 0 Å². The van der Waals surface area contributed by atoms with Crippen molar-refractivity contribution in [2.75, 3.05) is 25.0 Å². The van der Waals surface area contributed by atoms with Gasteiger partial charge < -0.3 is 20.3 Å². The summed E-state index contributed by atoms with van der Waals surface area (Å²) in [5.74, 6) is -1.10. The Labute approximate surface area is 182 Å². The first-order valence-corrected chi connectivity index (χ1v) is 11.5. The molecule has 2 aliphatic heterocycles. The number of likely N-dealkylation sites (tertiary alicyclic amines) is 1. The number of carbonyl (C=O) groups excluding carboxylic acids is 1. The molecule has 1 amide bonds. The highest BCUT2D eigenvalue weighted by atomic mass is 16.4. The summed E-state index contributed by atoms with van der Waals surface area (Å²) in [5.41, 5.74) is 6.17. The fourth-order valence-electron chi connectivity index (χ4n) is 5.21. The Balaban J connectivity index is 1.45. The lowest BCUT2D eigenvalue weighted by molar-refractivity contribution is -0.110. The molecule has 1 aromatic heterocycles. The molecule has 31 heavy (non-hydrogen) atoms. The number of amides is 1. The first kappa shape index (κ1) is 20.1. The summed E-state index contributed by atoms with van der Waals surface area (Å²) in [4.78, 5) is 30.5. The summed E-state index contributed by atoms with van der Waals surface area (Å²) in [6.07, 6.45) is 10.3. The summed E-state index contributed by atoms with van der Waals surface area (Å²) in [6, 6.07) is 6.14. The third-order valence-corrected chi connectivity index (χ3v) is 6.86. The number of hydrogen-bond donors (Lipinski definition) is 3. The van der Waals surface area contributed by atoms with E-state index in [1.165, 1.54) is 37.9 Å². The van der Waals surface area contributed by atoms with E-state index in [4.69, 9.17) is 0 Å². The Kier molecular flexibility index (Phi) is 5.40. The molecule has 1 fully saturated rings. The van der Waals surface area contributed by atoms with E-state index < -0.39 is 5.97 Å². The van der Waals surface area contributed by atoms with Crippen molar-refractivity contribution in [3.63, 3.8) is 0 Å². The van der Waals surface area contributed by atoms with Gasteiger partial charge in [0.2, 0.25) is 0 Å².